The molecule has 6 atom stereocenters. The van der Waals surface area contributed by atoms with Crippen molar-refractivity contribution in [1.29, 1.82) is 0 Å². The molecule has 0 aromatic heterocycles. The van der Waals surface area contributed by atoms with E-state index in [-0.39, 0.29) is 40.9 Å². The van der Waals surface area contributed by atoms with Gasteiger partial charge in [-0.1, -0.05) is 91.0 Å². The highest BCUT2D eigenvalue weighted by Crippen LogP contribution is 2.32. The fourth-order valence-corrected chi connectivity index (χ4v) is 6.30. The van der Waals surface area contributed by atoms with Crippen molar-refractivity contribution in [2.24, 2.45) is 23.7 Å². The second-order valence-electron chi connectivity index (χ2n) is 13.1. The zero-order valence-electron chi connectivity index (χ0n) is 28.2. The Kier molecular flexibility index (Phi) is 15.2. The van der Waals surface area contributed by atoms with Crippen molar-refractivity contribution in [3.63, 3.8) is 0 Å². The number of aliphatic hydroxyl groups is 1. The molecule has 7 heteroatoms. The van der Waals surface area contributed by atoms with E-state index < -0.39 is 24.1 Å². The average molecular weight is 610 g/mol. The Hall–Kier alpha value is -3.06. The van der Waals surface area contributed by atoms with Crippen molar-refractivity contribution >= 4 is 23.4 Å². The fourth-order valence-electron chi connectivity index (χ4n) is 6.30. The Morgan fingerprint density at radius 1 is 1.00 bits per heavy atom. The Morgan fingerprint density at radius 2 is 1.66 bits per heavy atom. The standard InChI is InChI=1S/C37H55NO6/c1-9-10-11-12-13-14-18-30-31-20-23(2)19-26(5)34(41)27(6)21-28(7)36(44-29(8)39)24(3)16-15-17-25(4)37(43)38-32(35(31)42)22-33(30)40/h15-17,21-24,26-27,34,36,41H,9-14,18-20H2,1-8H3,(H,38,43)/b16-15-,25-17+,28-21+/t23-,24-,26-,27-,34?,36+/m0/s1. The molecule has 2 N–H and O–H groups in total. The van der Waals surface area contributed by atoms with Crippen molar-refractivity contribution in [3.8, 4) is 0 Å². The predicted octanol–water partition coefficient (Wildman–Crippen LogP) is 7.27. The van der Waals surface area contributed by atoms with Gasteiger partial charge in [0.05, 0.1) is 11.8 Å². The molecule has 2 bridgehead atoms. The van der Waals surface area contributed by atoms with Gasteiger partial charge in [-0.15, -0.1) is 0 Å². The van der Waals surface area contributed by atoms with Crippen LogP contribution in [0.15, 0.2) is 58.4 Å². The summed E-state index contributed by atoms with van der Waals surface area (Å²) in [6, 6.07) is 0. The first-order chi connectivity index (χ1) is 20.8. The van der Waals surface area contributed by atoms with Crippen LogP contribution < -0.4 is 5.32 Å². The number of Topliss-reactive ketones (excluding diaryl/α,β-unsaturated/α-hetero) is 1. The lowest BCUT2D eigenvalue weighted by atomic mass is 9.80. The fraction of sp³-hybridized carbons (Fsp3) is 0.622. The Bertz CT molecular complexity index is 1200. The number of hydrogen-bond acceptors (Lipinski definition) is 6. The van der Waals surface area contributed by atoms with Crippen molar-refractivity contribution < 1.29 is 29.0 Å². The first kappa shape index (κ1) is 37.1. The molecule has 0 spiro atoms. The van der Waals surface area contributed by atoms with Crippen LogP contribution in [0.5, 0.6) is 0 Å². The number of nitrogens with one attached hydrogen (secondary N) is 1. The van der Waals surface area contributed by atoms with Gasteiger partial charge in [-0.3, -0.25) is 19.2 Å². The lowest BCUT2D eigenvalue weighted by Gasteiger charge is -2.28. The minimum atomic E-state index is -0.654. The van der Waals surface area contributed by atoms with Gasteiger partial charge < -0.3 is 15.2 Å². The molecule has 1 amide bonds. The number of unbranched alkanes of at least 4 members (excludes halogenated alkanes) is 5. The van der Waals surface area contributed by atoms with E-state index in [4.69, 9.17) is 4.74 Å². The van der Waals surface area contributed by atoms with Gasteiger partial charge in [-0.05, 0) is 56.9 Å². The summed E-state index contributed by atoms with van der Waals surface area (Å²) in [7, 11) is 0. The number of ether oxygens (including phenoxy) is 1. The Labute approximate surface area is 265 Å². The smallest absolute Gasteiger partial charge is 0.303 e. The minimum absolute atomic E-state index is 0.00774. The molecule has 44 heavy (non-hydrogen) atoms. The molecule has 2 aliphatic rings. The number of ketones is 2. The molecular weight excluding hydrogens is 554 g/mol. The van der Waals surface area contributed by atoms with Crippen molar-refractivity contribution in [1.82, 2.24) is 5.32 Å². The summed E-state index contributed by atoms with van der Waals surface area (Å²) in [6.45, 7) is 15.0. The summed E-state index contributed by atoms with van der Waals surface area (Å²) < 4.78 is 5.66. The van der Waals surface area contributed by atoms with Gasteiger partial charge in [0.1, 0.15) is 6.10 Å². The summed E-state index contributed by atoms with van der Waals surface area (Å²) >= 11 is 0. The van der Waals surface area contributed by atoms with Crippen LogP contribution in [-0.4, -0.2) is 40.8 Å². The number of carbonyl (C=O) groups is 4. The van der Waals surface area contributed by atoms with Gasteiger partial charge in [-0.25, -0.2) is 0 Å². The molecule has 2 rings (SSSR count). The molecule has 0 fully saturated rings. The molecule has 7 nitrogen and oxygen atoms in total. The number of aliphatic hydroxyl groups excluding tert-OH is 1. The van der Waals surface area contributed by atoms with E-state index in [1.165, 1.54) is 32.3 Å². The second-order valence-corrected chi connectivity index (χ2v) is 13.1. The zero-order valence-corrected chi connectivity index (χ0v) is 28.2. The van der Waals surface area contributed by atoms with Gasteiger partial charge in [0.15, 0.2) is 5.78 Å². The van der Waals surface area contributed by atoms with E-state index in [0.29, 0.717) is 36.0 Å². The van der Waals surface area contributed by atoms with E-state index in [9.17, 15) is 24.3 Å². The third-order valence-corrected chi connectivity index (χ3v) is 8.80. The first-order valence-corrected chi connectivity index (χ1v) is 16.5. The first-order valence-electron chi connectivity index (χ1n) is 16.5. The lowest BCUT2D eigenvalue weighted by Crippen LogP contribution is -2.33. The van der Waals surface area contributed by atoms with Crippen LogP contribution in [0.4, 0.5) is 0 Å². The number of fused-ring (bicyclic) bond motifs is 2. The zero-order chi connectivity index (χ0) is 33.0. The molecule has 0 aromatic rings. The maximum absolute atomic E-state index is 13.8. The van der Waals surface area contributed by atoms with Gasteiger partial charge in [0, 0.05) is 41.6 Å². The van der Waals surface area contributed by atoms with E-state index in [2.05, 4.69) is 12.2 Å². The van der Waals surface area contributed by atoms with Crippen LogP contribution >= 0.6 is 0 Å². The summed E-state index contributed by atoms with van der Waals surface area (Å²) in [4.78, 5) is 52.1. The summed E-state index contributed by atoms with van der Waals surface area (Å²) in [5.41, 5.74) is 2.26. The number of hydrogen-bond donors (Lipinski definition) is 2. The van der Waals surface area contributed by atoms with Crippen LogP contribution in [0.1, 0.15) is 113 Å². The van der Waals surface area contributed by atoms with E-state index >= 15 is 0 Å². The van der Waals surface area contributed by atoms with Gasteiger partial charge in [-0.2, -0.15) is 0 Å². The number of rotatable bonds is 8. The summed E-state index contributed by atoms with van der Waals surface area (Å²) in [5.74, 6) is -1.85. The molecule has 0 saturated heterocycles. The highest BCUT2D eigenvalue weighted by molar-refractivity contribution is 6.23. The molecule has 0 radical (unpaired) electrons. The van der Waals surface area contributed by atoms with Crippen LogP contribution in [0.2, 0.25) is 0 Å². The molecule has 0 saturated carbocycles. The quantitative estimate of drug-likeness (QED) is 0.130. The molecule has 0 aromatic carbocycles. The minimum Gasteiger partial charge on any atom is -0.457 e. The lowest BCUT2D eigenvalue weighted by molar-refractivity contribution is -0.146. The number of carbonyl (C=O) groups excluding carboxylic acids is 4. The number of esters is 1. The van der Waals surface area contributed by atoms with Gasteiger partial charge >= 0.3 is 5.97 Å². The van der Waals surface area contributed by atoms with E-state index in [0.717, 1.165) is 24.8 Å². The molecule has 1 aliphatic carbocycles. The van der Waals surface area contributed by atoms with Crippen LogP contribution in [-0.2, 0) is 23.9 Å². The largest absolute Gasteiger partial charge is 0.457 e. The summed E-state index contributed by atoms with van der Waals surface area (Å²) in [6.07, 6.45) is 15.3. The SMILES string of the molecule is CCCCCCCCC1=C2C[C@@H](C)C[C@H](C)C(O)[C@@H](C)/C=C(\C)[C@H](OC(C)=O)[C@@H](C)/C=C\C=C(/C)C(=O)NC(=CC1=O)C2=O. The van der Waals surface area contributed by atoms with Crippen molar-refractivity contribution in [2.45, 2.75) is 125 Å². The summed E-state index contributed by atoms with van der Waals surface area (Å²) in [5, 5.41) is 14.0. The highest BCUT2D eigenvalue weighted by atomic mass is 16.5. The third-order valence-electron chi connectivity index (χ3n) is 8.80. The van der Waals surface area contributed by atoms with Crippen molar-refractivity contribution in [2.75, 3.05) is 0 Å². The van der Waals surface area contributed by atoms with E-state index in [1.807, 2.05) is 46.8 Å². The maximum atomic E-state index is 13.8. The average Bonchev–Trinajstić information content (AvgIpc) is 2.95. The molecule has 244 valence electrons. The van der Waals surface area contributed by atoms with Crippen LogP contribution in [0, 0.1) is 23.7 Å². The van der Waals surface area contributed by atoms with Crippen molar-refractivity contribution in [3.05, 3.63) is 58.4 Å². The monoisotopic (exact) mass is 609 g/mol. The Morgan fingerprint density at radius 3 is 2.32 bits per heavy atom. The predicted molar refractivity (Wildman–Crippen MR) is 175 cm³/mol. The number of allylic oxidation sites excluding steroid dienone is 5. The van der Waals surface area contributed by atoms with Gasteiger partial charge in [0.2, 0.25) is 5.78 Å². The Balaban J connectivity index is 2.47. The molecular formula is C37H55NO6. The topological polar surface area (TPSA) is 110 Å². The van der Waals surface area contributed by atoms with Crippen LogP contribution in [0.3, 0.4) is 0 Å². The normalized spacial score (nSPS) is 30.9. The second kappa shape index (κ2) is 18.0. The highest BCUT2D eigenvalue weighted by Gasteiger charge is 2.32. The molecule has 1 heterocycles. The van der Waals surface area contributed by atoms with Crippen LogP contribution in [0.25, 0.3) is 0 Å². The number of amides is 1. The molecule has 1 unspecified atom stereocenters. The molecule has 1 aliphatic heterocycles. The van der Waals surface area contributed by atoms with E-state index in [1.54, 1.807) is 19.1 Å². The maximum Gasteiger partial charge on any atom is 0.303 e. The van der Waals surface area contributed by atoms with Gasteiger partial charge in [0.25, 0.3) is 5.91 Å². The third kappa shape index (κ3) is 11.1.